The first-order valence-corrected chi connectivity index (χ1v) is 28.7. The number of aliphatic hydroxyl groups is 8. The first-order chi connectivity index (χ1) is 34.6. The Bertz CT molecular complexity index is 1330. The molecule has 416 valence electrons. The third-order valence-electron chi connectivity index (χ3n) is 14.1. The van der Waals surface area contributed by atoms with Crippen LogP contribution in [-0.2, 0) is 23.7 Å². The van der Waals surface area contributed by atoms with Crippen molar-refractivity contribution in [1.82, 2.24) is 5.32 Å². The van der Waals surface area contributed by atoms with Crippen molar-refractivity contribution in [2.24, 2.45) is 0 Å². The Morgan fingerprint density at radius 1 is 0.493 bits per heavy atom. The van der Waals surface area contributed by atoms with Gasteiger partial charge in [0.1, 0.15) is 48.8 Å². The van der Waals surface area contributed by atoms with Crippen LogP contribution in [-0.4, -0.2) is 140 Å². The van der Waals surface area contributed by atoms with Crippen LogP contribution in [0.5, 0.6) is 0 Å². The van der Waals surface area contributed by atoms with E-state index in [1.54, 1.807) is 6.08 Å². The molecule has 0 bridgehead atoms. The van der Waals surface area contributed by atoms with Gasteiger partial charge in [-0.1, -0.05) is 211 Å². The predicted octanol–water partition coefficient (Wildman–Crippen LogP) is 9.05. The molecule has 12 unspecified atom stereocenters. The number of allylic oxidation sites excluding steroid dienone is 5. The zero-order valence-electron chi connectivity index (χ0n) is 44.5. The average molecular weight is 1010 g/mol. The number of amides is 1. The van der Waals surface area contributed by atoms with E-state index < -0.39 is 86.8 Å². The quantitative estimate of drug-likeness (QED) is 0.0205. The number of aliphatic hydroxyl groups excluding tert-OH is 8. The minimum atomic E-state index is -1.79. The van der Waals surface area contributed by atoms with Crippen LogP contribution in [0.2, 0.25) is 0 Å². The lowest BCUT2D eigenvalue weighted by molar-refractivity contribution is -0.359. The van der Waals surface area contributed by atoms with E-state index in [-0.39, 0.29) is 18.9 Å². The van der Waals surface area contributed by atoms with Gasteiger partial charge in [0.05, 0.1) is 32.0 Å². The van der Waals surface area contributed by atoms with Crippen molar-refractivity contribution in [3.63, 3.8) is 0 Å². The molecule has 14 heteroatoms. The number of hydrogen-bond acceptors (Lipinski definition) is 13. The summed E-state index contributed by atoms with van der Waals surface area (Å²) in [6, 6.07) is -0.932. The minimum absolute atomic E-state index is 0.265. The zero-order chi connectivity index (χ0) is 51.7. The summed E-state index contributed by atoms with van der Waals surface area (Å²) in [4.78, 5) is 13.0. The summed E-state index contributed by atoms with van der Waals surface area (Å²) in [5.74, 6) is -0.267. The van der Waals surface area contributed by atoms with E-state index in [4.69, 9.17) is 18.9 Å². The molecule has 2 aliphatic rings. The number of ether oxygens (including phenoxy) is 4. The summed E-state index contributed by atoms with van der Waals surface area (Å²) in [5.41, 5.74) is 0. The monoisotopic (exact) mass is 1010 g/mol. The van der Waals surface area contributed by atoms with Gasteiger partial charge in [-0.2, -0.15) is 0 Å². The van der Waals surface area contributed by atoms with Crippen LogP contribution in [0.3, 0.4) is 0 Å². The smallest absolute Gasteiger partial charge is 0.220 e. The lowest BCUT2D eigenvalue weighted by atomic mass is 9.97. The molecule has 71 heavy (non-hydrogen) atoms. The van der Waals surface area contributed by atoms with Gasteiger partial charge < -0.3 is 65.1 Å². The van der Waals surface area contributed by atoms with Crippen molar-refractivity contribution in [1.29, 1.82) is 0 Å². The maximum atomic E-state index is 13.0. The van der Waals surface area contributed by atoms with Crippen molar-refractivity contribution in [3.05, 3.63) is 36.5 Å². The number of unbranched alkanes of at least 4 members (excludes halogenated alkanes) is 28. The van der Waals surface area contributed by atoms with Crippen molar-refractivity contribution >= 4 is 5.91 Å². The molecule has 0 spiro atoms. The molecule has 0 saturated carbocycles. The molecule has 0 radical (unpaired) electrons. The predicted molar refractivity (Wildman–Crippen MR) is 281 cm³/mol. The minimum Gasteiger partial charge on any atom is -0.394 e. The van der Waals surface area contributed by atoms with E-state index in [1.807, 2.05) is 6.08 Å². The highest BCUT2D eigenvalue weighted by molar-refractivity contribution is 5.76. The summed E-state index contributed by atoms with van der Waals surface area (Å²) in [6.45, 7) is 2.66. The first kappa shape index (κ1) is 65.3. The van der Waals surface area contributed by atoms with Crippen molar-refractivity contribution in [3.8, 4) is 0 Å². The van der Waals surface area contributed by atoms with Gasteiger partial charge in [0.25, 0.3) is 0 Å². The van der Waals surface area contributed by atoms with Crippen LogP contribution in [0.15, 0.2) is 36.5 Å². The molecule has 9 N–H and O–H groups in total. The second kappa shape index (κ2) is 43.4. The van der Waals surface area contributed by atoms with Crippen molar-refractivity contribution < 1.29 is 64.6 Å². The lowest BCUT2D eigenvalue weighted by Gasteiger charge is -2.46. The molecule has 0 aromatic carbocycles. The van der Waals surface area contributed by atoms with Gasteiger partial charge in [0.2, 0.25) is 5.91 Å². The fraction of sp³-hybridized carbons (Fsp3) is 0.877. The van der Waals surface area contributed by atoms with Gasteiger partial charge in [-0.05, 0) is 44.9 Å². The molecular weight excluding hydrogens is 907 g/mol. The summed E-state index contributed by atoms with van der Waals surface area (Å²) in [7, 11) is 0. The first-order valence-electron chi connectivity index (χ1n) is 28.7. The van der Waals surface area contributed by atoms with Crippen molar-refractivity contribution in [2.75, 3.05) is 19.8 Å². The van der Waals surface area contributed by atoms with Gasteiger partial charge in [0, 0.05) is 6.42 Å². The number of hydrogen-bond donors (Lipinski definition) is 9. The summed E-state index contributed by atoms with van der Waals surface area (Å²) in [6.07, 6.45) is 35.8. The summed E-state index contributed by atoms with van der Waals surface area (Å²) in [5, 5.41) is 86.4. The fourth-order valence-electron chi connectivity index (χ4n) is 9.38. The third-order valence-corrected chi connectivity index (χ3v) is 14.1. The Morgan fingerprint density at radius 3 is 1.38 bits per heavy atom. The fourth-order valence-corrected chi connectivity index (χ4v) is 9.38. The normalized spacial score (nSPS) is 26.0. The number of carbonyl (C=O) groups is 1. The third kappa shape index (κ3) is 29.8. The molecule has 12 atom stereocenters. The molecule has 2 aliphatic heterocycles. The highest BCUT2D eigenvalue weighted by Gasteiger charge is 2.51. The summed E-state index contributed by atoms with van der Waals surface area (Å²) < 4.78 is 22.6. The van der Waals surface area contributed by atoms with Gasteiger partial charge in [-0.25, -0.2) is 0 Å². The van der Waals surface area contributed by atoms with Crippen molar-refractivity contribution in [2.45, 2.75) is 299 Å². The van der Waals surface area contributed by atoms with Gasteiger partial charge >= 0.3 is 0 Å². The van der Waals surface area contributed by atoms with Gasteiger partial charge in [-0.3, -0.25) is 4.79 Å². The van der Waals surface area contributed by atoms with E-state index in [9.17, 15) is 45.6 Å². The molecule has 2 fully saturated rings. The van der Waals surface area contributed by atoms with Gasteiger partial charge in [0.15, 0.2) is 12.6 Å². The number of rotatable bonds is 45. The molecule has 2 rings (SSSR count). The lowest BCUT2D eigenvalue weighted by Crippen LogP contribution is -2.65. The molecule has 2 heterocycles. The molecule has 0 aliphatic carbocycles. The Hall–Kier alpha value is -1.79. The summed E-state index contributed by atoms with van der Waals surface area (Å²) >= 11 is 0. The SMILES string of the molecule is CCCCCCCCCCCCCCCCCCCCCCCC/C=C/CC/C=C/CC/C=C/C(O)C(COC1OC(CO)C(OC2OC(CO)C(O)C(O)C2O)C(O)C1O)NC(=O)CCCCCCC. The highest BCUT2D eigenvalue weighted by atomic mass is 16.7. The Morgan fingerprint density at radius 2 is 0.901 bits per heavy atom. The van der Waals surface area contributed by atoms with E-state index >= 15 is 0 Å². The topological polar surface area (TPSA) is 228 Å². The Labute approximate surface area is 430 Å². The van der Waals surface area contributed by atoms with Crippen LogP contribution >= 0.6 is 0 Å². The molecule has 14 nitrogen and oxygen atoms in total. The van der Waals surface area contributed by atoms with Crippen LogP contribution in [0.4, 0.5) is 0 Å². The largest absolute Gasteiger partial charge is 0.394 e. The Kier molecular flexibility index (Phi) is 40.0. The maximum Gasteiger partial charge on any atom is 0.220 e. The molecule has 0 aromatic rings. The van der Waals surface area contributed by atoms with Crippen LogP contribution in [0, 0.1) is 0 Å². The number of carbonyl (C=O) groups excluding carboxylic acids is 1. The van der Waals surface area contributed by atoms with E-state index in [0.29, 0.717) is 12.8 Å². The molecular formula is C57H105NO13. The molecule has 1 amide bonds. The second-order valence-corrected chi connectivity index (χ2v) is 20.4. The van der Waals surface area contributed by atoms with Crippen LogP contribution in [0.25, 0.3) is 0 Å². The van der Waals surface area contributed by atoms with Crippen LogP contribution < -0.4 is 5.32 Å². The van der Waals surface area contributed by atoms with E-state index in [1.165, 1.54) is 141 Å². The van der Waals surface area contributed by atoms with Crippen LogP contribution in [0.1, 0.15) is 226 Å². The number of nitrogens with one attached hydrogen (secondary N) is 1. The zero-order valence-corrected chi connectivity index (χ0v) is 44.5. The second-order valence-electron chi connectivity index (χ2n) is 20.4. The van der Waals surface area contributed by atoms with E-state index in [0.717, 1.165) is 51.4 Å². The maximum absolute atomic E-state index is 13.0. The molecule has 2 saturated heterocycles. The molecule has 0 aromatic heterocycles. The highest BCUT2D eigenvalue weighted by Crippen LogP contribution is 2.30. The average Bonchev–Trinajstić information content (AvgIpc) is 3.37. The van der Waals surface area contributed by atoms with Gasteiger partial charge in [-0.15, -0.1) is 0 Å². The standard InChI is InChI=1S/C57H105NO13/c1-3-5-7-9-10-11-12-13-14-15-16-17-18-19-20-21-22-23-24-25-26-27-28-29-30-31-32-33-34-35-37-38-40-46(61)45(58-49(62)41-39-36-8-6-4-2)44-68-56-54(67)52(65)55(48(43-60)70-56)71-57-53(66)51(64)50(63)47(42-59)69-57/h29-30,33-34,38,40,45-48,50-57,59-61,63-67H,3-28,31-32,35-37,39,41-44H2,1-2H3,(H,58,62)/b30-29+,34-33+,40-38+. The Balaban J connectivity index is 1.62. The van der Waals surface area contributed by atoms with E-state index in [2.05, 4.69) is 43.5 Å².